The molecule has 0 spiro atoms. The van der Waals surface area contributed by atoms with Crippen LogP contribution in [0.5, 0.6) is 0 Å². The summed E-state index contributed by atoms with van der Waals surface area (Å²) < 4.78 is 2.03. The summed E-state index contributed by atoms with van der Waals surface area (Å²) in [6, 6.07) is 2.25. The number of nitrogens with zero attached hydrogens (tertiary/aromatic N) is 3. The molecule has 1 saturated carbocycles. The van der Waals surface area contributed by atoms with Crippen LogP contribution in [0, 0.1) is 5.92 Å². The first-order valence-electron chi connectivity index (χ1n) is 6.71. The van der Waals surface area contributed by atoms with Gasteiger partial charge in [0.2, 0.25) is 5.91 Å². The van der Waals surface area contributed by atoms with E-state index in [4.69, 9.17) is 0 Å². The number of carbonyl (C=O) groups excluding carboxylic acids is 1. The molecule has 5 heteroatoms. The molecule has 1 atom stereocenters. The Labute approximate surface area is 107 Å². The Morgan fingerprint density at radius 3 is 3.11 bits per heavy atom. The molecule has 98 valence electrons. The van der Waals surface area contributed by atoms with Crippen LogP contribution < -0.4 is 5.32 Å². The van der Waals surface area contributed by atoms with Gasteiger partial charge in [0.15, 0.2) is 0 Å². The summed E-state index contributed by atoms with van der Waals surface area (Å²) in [5.41, 5.74) is 1.23. The molecule has 0 unspecified atom stereocenters. The van der Waals surface area contributed by atoms with Crippen LogP contribution in [0.2, 0.25) is 0 Å². The van der Waals surface area contributed by atoms with E-state index in [0.717, 1.165) is 19.0 Å². The van der Waals surface area contributed by atoms with Crippen molar-refractivity contribution in [3.8, 4) is 0 Å². The monoisotopic (exact) mass is 248 g/mol. The molecule has 1 aliphatic heterocycles. The van der Waals surface area contributed by atoms with Gasteiger partial charge in [-0.15, -0.1) is 0 Å². The largest absolute Gasteiger partial charge is 0.359 e. The molecule has 2 aliphatic rings. The van der Waals surface area contributed by atoms with Crippen LogP contribution in [0.15, 0.2) is 12.3 Å². The van der Waals surface area contributed by atoms with Crippen LogP contribution in [0.4, 0.5) is 0 Å². The molecule has 0 aromatic carbocycles. The van der Waals surface area contributed by atoms with Crippen molar-refractivity contribution in [2.24, 2.45) is 5.92 Å². The number of hydrogen-bond donors (Lipinski definition) is 1. The topological polar surface area (TPSA) is 50.2 Å². The minimum atomic E-state index is 0.0923. The average Bonchev–Trinajstić information content (AvgIpc) is 3.04. The number of hydrogen-bond acceptors (Lipinski definition) is 3. The van der Waals surface area contributed by atoms with Crippen molar-refractivity contribution in [2.45, 2.75) is 31.8 Å². The second kappa shape index (κ2) is 4.72. The minimum Gasteiger partial charge on any atom is -0.359 e. The SMILES string of the molecule is CNC(=O)C[C@@H]1CN(CC2CC2)Cc2ccnn21. The molecule has 1 amide bonds. The van der Waals surface area contributed by atoms with E-state index in [9.17, 15) is 4.79 Å². The molecule has 1 aliphatic carbocycles. The molecule has 18 heavy (non-hydrogen) atoms. The van der Waals surface area contributed by atoms with Crippen molar-refractivity contribution >= 4 is 5.91 Å². The number of aromatic nitrogens is 2. The summed E-state index contributed by atoms with van der Waals surface area (Å²) in [6.45, 7) is 3.09. The van der Waals surface area contributed by atoms with Gasteiger partial charge >= 0.3 is 0 Å². The fraction of sp³-hybridized carbons (Fsp3) is 0.692. The van der Waals surface area contributed by atoms with E-state index in [-0.39, 0.29) is 11.9 Å². The zero-order valence-corrected chi connectivity index (χ0v) is 10.8. The third kappa shape index (κ3) is 2.41. The Kier molecular flexibility index (Phi) is 3.07. The molecule has 0 bridgehead atoms. The summed E-state index contributed by atoms with van der Waals surface area (Å²) >= 11 is 0. The number of rotatable bonds is 4. The van der Waals surface area contributed by atoms with E-state index in [1.807, 2.05) is 10.9 Å². The summed E-state index contributed by atoms with van der Waals surface area (Å²) in [7, 11) is 1.69. The van der Waals surface area contributed by atoms with E-state index in [0.29, 0.717) is 6.42 Å². The fourth-order valence-electron chi connectivity index (χ4n) is 2.74. The first-order chi connectivity index (χ1) is 8.76. The number of carbonyl (C=O) groups is 1. The molecule has 3 rings (SSSR count). The maximum atomic E-state index is 11.6. The summed E-state index contributed by atoms with van der Waals surface area (Å²) in [5.74, 6) is 0.981. The Morgan fingerprint density at radius 1 is 1.56 bits per heavy atom. The van der Waals surface area contributed by atoms with Crippen molar-refractivity contribution in [2.75, 3.05) is 20.1 Å². The lowest BCUT2D eigenvalue weighted by molar-refractivity contribution is -0.121. The molecule has 1 aromatic rings. The van der Waals surface area contributed by atoms with E-state index < -0.39 is 0 Å². The molecular weight excluding hydrogens is 228 g/mol. The highest BCUT2D eigenvalue weighted by Crippen LogP contribution is 2.32. The smallest absolute Gasteiger partial charge is 0.221 e. The average molecular weight is 248 g/mol. The molecule has 1 N–H and O–H groups in total. The van der Waals surface area contributed by atoms with Crippen LogP contribution >= 0.6 is 0 Å². The molecule has 1 aromatic heterocycles. The van der Waals surface area contributed by atoms with Crippen molar-refractivity contribution in [3.05, 3.63) is 18.0 Å². The molecule has 0 saturated heterocycles. The van der Waals surface area contributed by atoms with Gasteiger partial charge < -0.3 is 5.32 Å². The maximum absolute atomic E-state index is 11.6. The molecule has 2 heterocycles. The molecule has 0 radical (unpaired) electrons. The van der Waals surface area contributed by atoms with Crippen LogP contribution in [0.3, 0.4) is 0 Å². The van der Waals surface area contributed by atoms with Crippen LogP contribution in [-0.2, 0) is 11.3 Å². The van der Waals surface area contributed by atoms with Gasteiger partial charge in [0, 0.05) is 32.9 Å². The lowest BCUT2D eigenvalue weighted by Gasteiger charge is -2.33. The van der Waals surface area contributed by atoms with Crippen molar-refractivity contribution in [1.82, 2.24) is 20.0 Å². The Hall–Kier alpha value is -1.36. The van der Waals surface area contributed by atoms with Crippen molar-refractivity contribution in [3.63, 3.8) is 0 Å². The van der Waals surface area contributed by atoms with Gasteiger partial charge in [-0.3, -0.25) is 14.4 Å². The van der Waals surface area contributed by atoms with E-state index in [2.05, 4.69) is 21.4 Å². The van der Waals surface area contributed by atoms with Gasteiger partial charge in [-0.25, -0.2) is 0 Å². The number of fused-ring (bicyclic) bond motifs is 1. The summed E-state index contributed by atoms with van der Waals surface area (Å²) in [6.07, 6.45) is 5.10. The van der Waals surface area contributed by atoms with Gasteiger partial charge in [-0.2, -0.15) is 5.10 Å². The van der Waals surface area contributed by atoms with Gasteiger partial charge in [-0.1, -0.05) is 0 Å². The summed E-state index contributed by atoms with van der Waals surface area (Å²) in [4.78, 5) is 14.1. The van der Waals surface area contributed by atoms with E-state index in [1.54, 1.807) is 7.05 Å². The third-order valence-corrected chi connectivity index (χ3v) is 3.87. The molecular formula is C13H20N4O. The van der Waals surface area contributed by atoms with Gasteiger partial charge in [0.05, 0.1) is 18.2 Å². The van der Waals surface area contributed by atoms with E-state index >= 15 is 0 Å². The predicted molar refractivity (Wildman–Crippen MR) is 67.9 cm³/mol. The second-order valence-electron chi connectivity index (χ2n) is 5.44. The third-order valence-electron chi connectivity index (χ3n) is 3.87. The number of nitrogens with one attached hydrogen (secondary N) is 1. The van der Waals surface area contributed by atoms with Crippen LogP contribution in [0.25, 0.3) is 0 Å². The zero-order chi connectivity index (χ0) is 12.5. The number of amides is 1. The lowest BCUT2D eigenvalue weighted by Crippen LogP contribution is -2.40. The molecule has 5 nitrogen and oxygen atoms in total. The van der Waals surface area contributed by atoms with E-state index in [1.165, 1.54) is 25.1 Å². The predicted octanol–water partition coefficient (Wildman–Crippen LogP) is 0.786. The van der Waals surface area contributed by atoms with Gasteiger partial charge in [-0.05, 0) is 24.8 Å². The summed E-state index contributed by atoms with van der Waals surface area (Å²) in [5, 5.41) is 7.07. The van der Waals surface area contributed by atoms with Crippen LogP contribution in [-0.4, -0.2) is 40.7 Å². The highest BCUT2D eigenvalue weighted by atomic mass is 16.1. The van der Waals surface area contributed by atoms with Gasteiger partial charge in [0.1, 0.15) is 0 Å². The fourth-order valence-corrected chi connectivity index (χ4v) is 2.74. The first-order valence-corrected chi connectivity index (χ1v) is 6.71. The lowest BCUT2D eigenvalue weighted by atomic mass is 10.1. The van der Waals surface area contributed by atoms with Crippen LogP contribution in [0.1, 0.15) is 31.0 Å². The van der Waals surface area contributed by atoms with Crippen molar-refractivity contribution < 1.29 is 4.79 Å². The van der Waals surface area contributed by atoms with Gasteiger partial charge in [0.25, 0.3) is 0 Å². The highest BCUT2D eigenvalue weighted by Gasteiger charge is 2.31. The van der Waals surface area contributed by atoms with Crippen molar-refractivity contribution in [1.29, 1.82) is 0 Å². The quantitative estimate of drug-likeness (QED) is 0.857. The Morgan fingerprint density at radius 2 is 2.39 bits per heavy atom. The maximum Gasteiger partial charge on any atom is 0.221 e. The minimum absolute atomic E-state index is 0.0923. The first kappa shape index (κ1) is 11.7. The standard InChI is InChI=1S/C13H20N4O/c1-14-13(18)6-12-9-16(7-10-2-3-10)8-11-4-5-15-17(11)12/h4-5,10,12H,2-3,6-9H2,1H3,(H,14,18)/t12-/m1/s1. The normalized spacial score (nSPS) is 23.7. The highest BCUT2D eigenvalue weighted by molar-refractivity contribution is 5.76. The zero-order valence-electron chi connectivity index (χ0n) is 10.8. The Bertz CT molecular complexity index is 438. The molecule has 1 fully saturated rings. The second-order valence-corrected chi connectivity index (χ2v) is 5.44. The Balaban J connectivity index is 1.73.